The lowest BCUT2D eigenvalue weighted by Crippen LogP contribution is -2.36. The molecule has 0 aliphatic heterocycles. The predicted molar refractivity (Wildman–Crippen MR) is 70.7 cm³/mol. The fourth-order valence-electron chi connectivity index (χ4n) is 1.68. The van der Waals surface area contributed by atoms with Gasteiger partial charge in [-0.25, -0.2) is 4.39 Å². The van der Waals surface area contributed by atoms with Gasteiger partial charge in [0.05, 0.1) is 0 Å². The molecule has 0 spiro atoms. The summed E-state index contributed by atoms with van der Waals surface area (Å²) in [5.41, 5.74) is 0.500. The van der Waals surface area contributed by atoms with Crippen LogP contribution in [-0.4, -0.2) is 19.8 Å². The van der Waals surface area contributed by atoms with Crippen LogP contribution in [0.3, 0.4) is 0 Å². The van der Waals surface area contributed by atoms with Crippen LogP contribution in [0.1, 0.15) is 26.3 Å². The monoisotopic (exact) mass is 320 g/mol. The molecule has 0 atom stereocenters. The first-order valence-corrected chi connectivity index (χ1v) is 6.75. The molecule has 0 amide bonds. The number of rotatable bonds is 7. The molecule has 1 rings (SSSR count). The molecule has 102 valence electrons. The van der Waals surface area contributed by atoms with E-state index in [1.807, 2.05) is 20.8 Å². The molecule has 0 bridgehead atoms. The molecule has 1 aromatic carbocycles. The molecule has 0 fully saturated rings. The van der Waals surface area contributed by atoms with Gasteiger partial charge in [-0.05, 0) is 39.0 Å². The lowest BCUT2D eigenvalue weighted by Gasteiger charge is -2.32. The maximum Gasteiger partial charge on any atom is 0.312 e. The third-order valence-electron chi connectivity index (χ3n) is 2.22. The minimum atomic E-state index is -1.34. The topological polar surface area (TPSA) is 27.7 Å². The van der Waals surface area contributed by atoms with Gasteiger partial charge in [-0.2, -0.15) is 0 Å². The summed E-state index contributed by atoms with van der Waals surface area (Å²) >= 11 is 3.25. The first kappa shape index (κ1) is 15.6. The van der Waals surface area contributed by atoms with Crippen LogP contribution >= 0.6 is 15.9 Å². The number of hydrogen-bond donors (Lipinski definition) is 0. The van der Waals surface area contributed by atoms with E-state index < -0.39 is 5.97 Å². The van der Waals surface area contributed by atoms with Gasteiger partial charge in [-0.3, -0.25) is 0 Å². The first-order chi connectivity index (χ1) is 8.57. The maximum absolute atomic E-state index is 13.5. The molecule has 0 saturated heterocycles. The molecule has 0 saturated carbocycles. The molecule has 0 aliphatic carbocycles. The highest BCUT2D eigenvalue weighted by Gasteiger charge is 2.35. The van der Waals surface area contributed by atoms with Crippen LogP contribution < -0.4 is 0 Å². The summed E-state index contributed by atoms with van der Waals surface area (Å²) in [5.74, 6) is -1.72. The Labute approximate surface area is 115 Å². The summed E-state index contributed by atoms with van der Waals surface area (Å²) < 4.78 is 30.8. The van der Waals surface area contributed by atoms with E-state index in [0.29, 0.717) is 29.9 Å². The normalized spacial score (nSPS) is 11.8. The molecule has 1 aromatic rings. The van der Waals surface area contributed by atoms with E-state index in [-0.39, 0.29) is 5.82 Å². The zero-order valence-corrected chi connectivity index (χ0v) is 12.4. The zero-order valence-electron chi connectivity index (χ0n) is 10.8. The average Bonchev–Trinajstić information content (AvgIpc) is 2.28. The second kappa shape index (κ2) is 7.19. The highest BCUT2D eigenvalue weighted by molar-refractivity contribution is 9.10. The van der Waals surface area contributed by atoms with Crippen molar-refractivity contribution in [2.24, 2.45) is 0 Å². The largest absolute Gasteiger partial charge is 0.324 e. The van der Waals surface area contributed by atoms with Crippen LogP contribution in [0.25, 0.3) is 0 Å². The van der Waals surface area contributed by atoms with Gasteiger partial charge in [-0.15, -0.1) is 0 Å². The van der Waals surface area contributed by atoms with Gasteiger partial charge >= 0.3 is 5.97 Å². The van der Waals surface area contributed by atoms with Gasteiger partial charge in [0.15, 0.2) is 0 Å². The fourth-order valence-corrected chi connectivity index (χ4v) is 2.14. The van der Waals surface area contributed by atoms with Crippen LogP contribution in [0.2, 0.25) is 0 Å². The lowest BCUT2D eigenvalue weighted by atomic mass is 10.2. The Balaban J connectivity index is 3.20. The summed E-state index contributed by atoms with van der Waals surface area (Å²) in [6.07, 6.45) is 0. The van der Waals surface area contributed by atoms with Crippen molar-refractivity contribution in [2.45, 2.75) is 26.7 Å². The van der Waals surface area contributed by atoms with Crippen molar-refractivity contribution in [1.29, 1.82) is 0 Å². The number of ether oxygens (including phenoxy) is 3. The number of hydrogen-bond acceptors (Lipinski definition) is 3. The third kappa shape index (κ3) is 3.75. The van der Waals surface area contributed by atoms with Gasteiger partial charge in [-0.1, -0.05) is 15.9 Å². The molecule has 0 aliphatic rings. The van der Waals surface area contributed by atoms with Gasteiger partial charge < -0.3 is 14.2 Å². The molecule has 0 radical (unpaired) electrons. The SMILES string of the molecule is CCOC(OCC)(OCC)c1cc(F)cc(Br)c1. The molecular weight excluding hydrogens is 303 g/mol. The molecule has 5 heteroatoms. The molecule has 0 N–H and O–H groups in total. The van der Waals surface area contributed by atoms with E-state index in [9.17, 15) is 4.39 Å². The smallest absolute Gasteiger partial charge is 0.312 e. The van der Waals surface area contributed by atoms with E-state index in [4.69, 9.17) is 14.2 Å². The Kier molecular flexibility index (Phi) is 6.21. The van der Waals surface area contributed by atoms with Crippen molar-refractivity contribution in [1.82, 2.24) is 0 Å². The second-order valence-corrected chi connectivity index (χ2v) is 4.43. The minimum Gasteiger partial charge on any atom is -0.324 e. The lowest BCUT2D eigenvalue weighted by molar-refractivity contribution is -0.389. The highest BCUT2D eigenvalue weighted by atomic mass is 79.9. The summed E-state index contributed by atoms with van der Waals surface area (Å²) in [6.45, 7) is 6.69. The Morgan fingerprint density at radius 3 is 1.89 bits per heavy atom. The predicted octanol–water partition coefficient (Wildman–Crippen LogP) is 3.81. The summed E-state index contributed by atoms with van der Waals surface area (Å²) in [4.78, 5) is 0. The van der Waals surface area contributed by atoms with E-state index in [2.05, 4.69) is 15.9 Å². The molecule has 0 unspecified atom stereocenters. The average molecular weight is 321 g/mol. The third-order valence-corrected chi connectivity index (χ3v) is 2.68. The number of halogens is 2. The minimum absolute atomic E-state index is 0.372. The fraction of sp³-hybridized carbons (Fsp3) is 0.538. The van der Waals surface area contributed by atoms with Crippen LogP contribution in [0.15, 0.2) is 22.7 Å². The maximum atomic E-state index is 13.5. The molecule has 0 heterocycles. The van der Waals surface area contributed by atoms with Crippen molar-refractivity contribution in [3.05, 3.63) is 34.1 Å². The summed E-state index contributed by atoms with van der Waals surface area (Å²) in [5, 5.41) is 0. The number of benzene rings is 1. The van der Waals surface area contributed by atoms with Gasteiger partial charge in [0.2, 0.25) is 0 Å². The van der Waals surface area contributed by atoms with Crippen molar-refractivity contribution in [3.8, 4) is 0 Å². The van der Waals surface area contributed by atoms with E-state index in [0.717, 1.165) is 0 Å². The van der Waals surface area contributed by atoms with Crippen LogP contribution in [0, 0.1) is 5.82 Å². The van der Waals surface area contributed by atoms with Crippen LogP contribution in [-0.2, 0) is 20.2 Å². The molecular formula is C13H18BrFO3. The molecule has 0 aromatic heterocycles. The summed E-state index contributed by atoms with van der Waals surface area (Å²) in [7, 11) is 0. The highest BCUT2D eigenvalue weighted by Crippen LogP contribution is 2.31. The quantitative estimate of drug-likeness (QED) is 0.715. The second-order valence-electron chi connectivity index (χ2n) is 3.51. The standard InChI is InChI=1S/C13H18BrFO3/c1-4-16-13(17-5-2,18-6-3)10-7-11(14)9-12(15)8-10/h7-9H,4-6H2,1-3H3. The van der Waals surface area contributed by atoms with Crippen molar-refractivity contribution in [2.75, 3.05) is 19.8 Å². The Hall–Kier alpha value is -0.490. The van der Waals surface area contributed by atoms with Gasteiger partial charge in [0.1, 0.15) is 5.82 Å². The first-order valence-electron chi connectivity index (χ1n) is 5.96. The van der Waals surface area contributed by atoms with Gasteiger partial charge in [0, 0.05) is 29.9 Å². The van der Waals surface area contributed by atoms with Crippen molar-refractivity contribution >= 4 is 15.9 Å². The van der Waals surface area contributed by atoms with Crippen molar-refractivity contribution in [3.63, 3.8) is 0 Å². The van der Waals surface area contributed by atoms with E-state index in [1.54, 1.807) is 6.07 Å². The summed E-state index contributed by atoms with van der Waals surface area (Å²) in [6, 6.07) is 4.45. The molecule has 3 nitrogen and oxygen atoms in total. The van der Waals surface area contributed by atoms with E-state index >= 15 is 0 Å². The zero-order chi connectivity index (χ0) is 13.6. The Morgan fingerprint density at radius 1 is 1.00 bits per heavy atom. The van der Waals surface area contributed by atoms with Crippen LogP contribution in [0.4, 0.5) is 4.39 Å². The van der Waals surface area contributed by atoms with Crippen LogP contribution in [0.5, 0.6) is 0 Å². The Morgan fingerprint density at radius 2 is 1.50 bits per heavy atom. The van der Waals surface area contributed by atoms with Crippen molar-refractivity contribution < 1.29 is 18.6 Å². The Bertz CT molecular complexity index is 347. The van der Waals surface area contributed by atoms with E-state index in [1.165, 1.54) is 12.1 Å². The molecule has 18 heavy (non-hydrogen) atoms. The van der Waals surface area contributed by atoms with Gasteiger partial charge in [0.25, 0.3) is 0 Å².